The standard InChI is InChI=1S/C32H42O8/c1-18-26(39-25(34)14-11-20-9-7-6-8-10-20)28-32(4)22(30(35-5)40-28)12-13-23(37-19(2)33)27(32)31(18,3)24-17-21-15-16-36-29(21)38-24/h6-11,14,18,21-24,26-30H,12-13,15-17H2,1-5H3/b14-11+/t18-,21-,22+,23-,24+,26-,27-,28+,29+,30-,31-,32+/m1/s1. The van der Waals surface area contributed by atoms with Crippen LogP contribution in [0, 0.1) is 34.5 Å². The molecule has 218 valence electrons. The topological polar surface area (TPSA) is 89.5 Å². The first-order chi connectivity index (χ1) is 19.2. The van der Waals surface area contributed by atoms with Crippen LogP contribution in [0.1, 0.15) is 58.9 Å². The lowest BCUT2D eigenvalue weighted by Gasteiger charge is -2.64. The normalized spacial score (nSPS) is 45.7. The van der Waals surface area contributed by atoms with Crippen LogP contribution in [0.3, 0.4) is 0 Å². The van der Waals surface area contributed by atoms with Crippen molar-refractivity contribution in [1.29, 1.82) is 0 Å². The van der Waals surface area contributed by atoms with E-state index in [9.17, 15) is 9.59 Å². The van der Waals surface area contributed by atoms with Gasteiger partial charge >= 0.3 is 11.9 Å². The molecule has 8 nitrogen and oxygen atoms in total. The van der Waals surface area contributed by atoms with E-state index < -0.39 is 35.3 Å². The zero-order valence-corrected chi connectivity index (χ0v) is 24.1. The summed E-state index contributed by atoms with van der Waals surface area (Å²) < 4.78 is 37.5. The Morgan fingerprint density at radius 3 is 2.50 bits per heavy atom. The Morgan fingerprint density at radius 2 is 1.80 bits per heavy atom. The number of hydrogen-bond acceptors (Lipinski definition) is 8. The van der Waals surface area contributed by atoms with E-state index in [2.05, 4.69) is 20.8 Å². The van der Waals surface area contributed by atoms with Gasteiger partial charge in [-0.25, -0.2) is 4.79 Å². The molecule has 3 heterocycles. The second-order valence-corrected chi connectivity index (χ2v) is 12.8. The van der Waals surface area contributed by atoms with E-state index in [1.54, 1.807) is 13.2 Å². The van der Waals surface area contributed by atoms with Crippen molar-refractivity contribution in [3.8, 4) is 0 Å². The third kappa shape index (κ3) is 4.34. The van der Waals surface area contributed by atoms with E-state index in [-0.39, 0.29) is 42.2 Å². The highest BCUT2D eigenvalue weighted by Crippen LogP contribution is 2.69. The molecule has 3 saturated heterocycles. The molecular formula is C32H42O8. The molecule has 5 aliphatic rings. The average Bonchev–Trinajstić information content (AvgIpc) is 3.62. The zero-order valence-electron chi connectivity index (χ0n) is 24.1. The predicted octanol–water partition coefficient (Wildman–Crippen LogP) is 4.75. The fraction of sp³-hybridized carbons (Fsp3) is 0.688. The van der Waals surface area contributed by atoms with E-state index >= 15 is 0 Å². The van der Waals surface area contributed by atoms with Crippen molar-refractivity contribution in [1.82, 2.24) is 0 Å². The summed E-state index contributed by atoms with van der Waals surface area (Å²) in [5.74, 6) is -0.530. The summed E-state index contributed by atoms with van der Waals surface area (Å²) in [4.78, 5) is 25.7. The van der Waals surface area contributed by atoms with E-state index in [0.29, 0.717) is 12.5 Å². The quantitative estimate of drug-likeness (QED) is 0.368. The Morgan fingerprint density at radius 1 is 1.02 bits per heavy atom. The van der Waals surface area contributed by atoms with Gasteiger partial charge in [-0.2, -0.15) is 0 Å². The molecular weight excluding hydrogens is 512 g/mol. The first-order valence-corrected chi connectivity index (χ1v) is 14.7. The number of methoxy groups -OCH3 is 1. The molecule has 0 spiro atoms. The lowest BCUT2D eigenvalue weighted by molar-refractivity contribution is -0.268. The lowest BCUT2D eigenvalue weighted by Crippen LogP contribution is -2.70. The molecule has 0 aromatic heterocycles. The minimum atomic E-state index is -0.539. The van der Waals surface area contributed by atoms with Gasteiger partial charge in [-0.15, -0.1) is 0 Å². The molecule has 40 heavy (non-hydrogen) atoms. The maximum Gasteiger partial charge on any atom is 0.331 e. The lowest BCUT2D eigenvalue weighted by atomic mass is 9.42. The van der Waals surface area contributed by atoms with Gasteiger partial charge in [0.2, 0.25) is 0 Å². The number of rotatable bonds is 6. The predicted molar refractivity (Wildman–Crippen MR) is 146 cm³/mol. The molecule has 0 bridgehead atoms. The summed E-state index contributed by atoms with van der Waals surface area (Å²) >= 11 is 0. The molecule has 0 radical (unpaired) electrons. The Labute approximate surface area is 236 Å². The number of carbonyl (C=O) groups is 2. The number of hydrogen-bond donors (Lipinski definition) is 0. The summed E-state index contributed by atoms with van der Waals surface area (Å²) in [7, 11) is 1.67. The SMILES string of the molecule is CO[C@@H]1O[C@H]2[C@H](OC(=O)/C=C/c3ccccc3)[C@@H](C)[C@](C)([C@@H]3C[C@H]4CCO[C@H]4O3)[C@H]3[C@H](OC(C)=O)CC[C@@H]1[C@@]32C. The van der Waals surface area contributed by atoms with Crippen LogP contribution in [0.15, 0.2) is 36.4 Å². The fourth-order valence-corrected chi connectivity index (χ4v) is 9.06. The van der Waals surface area contributed by atoms with Gasteiger partial charge in [0.25, 0.3) is 0 Å². The molecule has 2 saturated carbocycles. The summed E-state index contributed by atoms with van der Waals surface area (Å²) in [5.41, 5.74) is -0.0410. The van der Waals surface area contributed by atoms with Crippen LogP contribution in [0.2, 0.25) is 0 Å². The summed E-state index contributed by atoms with van der Waals surface area (Å²) in [6.45, 7) is 8.79. The molecule has 12 atom stereocenters. The number of benzene rings is 1. The largest absolute Gasteiger partial charge is 0.462 e. The van der Waals surface area contributed by atoms with Gasteiger partial charge in [-0.05, 0) is 37.3 Å². The van der Waals surface area contributed by atoms with Gasteiger partial charge in [0, 0.05) is 54.6 Å². The van der Waals surface area contributed by atoms with Crippen LogP contribution >= 0.6 is 0 Å². The molecule has 0 unspecified atom stereocenters. The number of fused-ring (bicyclic) bond motifs is 1. The van der Waals surface area contributed by atoms with Crippen LogP contribution in [0.25, 0.3) is 6.08 Å². The van der Waals surface area contributed by atoms with Gasteiger partial charge in [0.15, 0.2) is 12.6 Å². The van der Waals surface area contributed by atoms with E-state index in [0.717, 1.165) is 31.2 Å². The van der Waals surface area contributed by atoms with Crippen LogP contribution < -0.4 is 0 Å². The van der Waals surface area contributed by atoms with Crippen molar-refractivity contribution in [3.63, 3.8) is 0 Å². The summed E-state index contributed by atoms with van der Waals surface area (Å²) in [6, 6.07) is 9.69. The maximum atomic E-state index is 13.3. The highest BCUT2D eigenvalue weighted by molar-refractivity contribution is 5.87. The van der Waals surface area contributed by atoms with Crippen LogP contribution in [0.5, 0.6) is 0 Å². The summed E-state index contributed by atoms with van der Waals surface area (Å²) in [5, 5.41) is 0. The highest BCUT2D eigenvalue weighted by Gasteiger charge is 2.75. The zero-order chi connectivity index (χ0) is 28.2. The third-order valence-corrected chi connectivity index (χ3v) is 10.9. The first-order valence-electron chi connectivity index (χ1n) is 14.7. The highest BCUT2D eigenvalue weighted by atomic mass is 16.7. The molecule has 0 N–H and O–H groups in total. The van der Waals surface area contributed by atoms with Gasteiger partial charge in [0.1, 0.15) is 18.3 Å². The Balaban J connectivity index is 1.39. The number of carbonyl (C=O) groups excluding carboxylic acids is 2. The van der Waals surface area contributed by atoms with Gasteiger partial charge in [-0.3, -0.25) is 4.79 Å². The molecule has 3 aliphatic heterocycles. The molecule has 5 fully saturated rings. The van der Waals surface area contributed by atoms with Crippen molar-refractivity contribution in [2.24, 2.45) is 34.5 Å². The average molecular weight is 555 g/mol. The molecule has 6 rings (SSSR count). The second kappa shape index (κ2) is 10.5. The van der Waals surface area contributed by atoms with Gasteiger partial charge in [0.05, 0.1) is 12.7 Å². The molecule has 8 heteroatoms. The van der Waals surface area contributed by atoms with Crippen molar-refractivity contribution >= 4 is 18.0 Å². The number of esters is 2. The molecule has 2 aliphatic carbocycles. The molecule has 0 amide bonds. The third-order valence-electron chi connectivity index (χ3n) is 10.9. The second-order valence-electron chi connectivity index (χ2n) is 12.8. The van der Waals surface area contributed by atoms with E-state index in [1.807, 2.05) is 30.3 Å². The van der Waals surface area contributed by atoms with E-state index in [1.165, 1.54) is 13.0 Å². The Bertz CT molecular complexity index is 1120. The number of ether oxygens (including phenoxy) is 6. The Hall–Kier alpha value is -2.26. The molecule has 1 aromatic rings. The summed E-state index contributed by atoms with van der Waals surface area (Å²) in [6.07, 6.45) is 4.57. The fourth-order valence-electron chi connectivity index (χ4n) is 9.06. The maximum absolute atomic E-state index is 13.3. The van der Waals surface area contributed by atoms with Crippen molar-refractivity contribution in [3.05, 3.63) is 42.0 Å². The van der Waals surface area contributed by atoms with Gasteiger partial charge < -0.3 is 28.4 Å². The van der Waals surface area contributed by atoms with Crippen molar-refractivity contribution < 1.29 is 38.0 Å². The Kier molecular flexibility index (Phi) is 7.35. The van der Waals surface area contributed by atoms with Crippen molar-refractivity contribution in [2.45, 2.75) is 90.4 Å². The monoisotopic (exact) mass is 554 g/mol. The van der Waals surface area contributed by atoms with Crippen molar-refractivity contribution in [2.75, 3.05) is 13.7 Å². The molecule has 1 aromatic carbocycles. The van der Waals surface area contributed by atoms with Crippen LogP contribution in [-0.4, -0.2) is 62.7 Å². The van der Waals surface area contributed by atoms with Gasteiger partial charge in [-0.1, -0.05) is 51.1 Å². The van der Waals surface area contributed by atoms with E-state index in [4.69, 9.17) is 28.4 Å². The minimum absolute atomic E-state index is 0.0596. The first kappa shape index (κ1) is 27.9. The minimum Gasteiger partial charge on any atom is -0.462 e. The smallest absolute Gasteiger partial charge is 0.331 e. The van der Waals surface area contributed by atoms with Crippen LogP contribution in [-0.2, 0) is 38.0 Å². The van der Waals surface area contributed by atoms with Crippen LogP contribution in [0.4, 0.5) is 0 Å².